The maximum atomic E-state index is 4.34. The first-order valence-corrected chi connectivity index (χ1v) is 5.45. The van der Waals surface area contributed by atoms with E-state index in [-0.39, 0.29) is 0 Å². The van der Waals surface area contributed by atoms with Gasteiger partial charge in [-0.1, -0.05) is 0 Å². The van der Waals surface area contributed by atoms with Crippen LogP contribution in [-0.4, -0.2) is 21.9 Å². The molecule has 76 valence electrons. The molecule has 3 rings (SSSR count). The maximum Gasteiger partial charge on any atom is 0.309 e. The van der Waals surface area contributed by atoms with Crippen LogP contribution in [0.5, 0.6) is 0 Å². The van der Waals surface area contributed by atoms with Crippen LogP contribution in [0.25, 0.3) is 5.70 Å². The number of fused-ring (bicyclic) bond motifs is 1. The highest BCUT2D eigenvalue weighted by atomic mass is 79.9. The van der Waals surface area contributed by atoms with Crippen LogP contribution < -0.4 is 0 Å². The molecule has 0 spiro atoms. The predicted octanol–water partition coefficient (Wildman–Crippen LogP) is 2.18. The Kier molecular flexibility index (Phi) is 2.13. The van der Waals surface area contributed by atoms with Crippen LogP contribution in [0.3, 0.4) is 0 Å². The number of hydrogen-bond donors (Lipinski definition) is 0. The summed E-state index contributed by atoms with van der Waals surface area (Å²) in [6.45, 7) is 0. The lowest BCUT2D eigenvalue weighted by molar-refractivity contribution is 0.771. The summed E-state index contributed by atoms with van der Waals surface area (Å²) in [5.41, 5.74) is 1.90. The molecule has 1 aromatic heterocycles. The van der Waals surface area contributed by atoms with Crippen LogP contribution in [0.1, 0.15) is 5.56 Å². The number of aliphatic imine (C=N–C) groups is 2. The van der Waals surface area contributed by atoms with Crippen molar-refractivity contribution in [3.05, 3.63) is 47.1 Å². The molecule has 3 heterocycles. The van der Waals surface area contributed by atoms with Crippen LogP contribution in [0.4, 0.5) is 0 Å². The fraction of sp³-hybridized carbons (Fsp3) is 0. The molecule has 0 aliphatic carbocycles. The number of hydrogen-bond acceptors (Lipinski definition) is 4. The largest absolute Gasteiger partial charge is 0.309 e. The Morgan fingerprint density at radius 3 is 2.88 bits per heavy atom. The zero-order valence-electron chi connectivity index (χ0n) is 8.13. The molecule has 1 aromatic rings. The van der Waals surface area contributed by atoms with Gasteiger partial charge >= 0.3 is 5.84 Å². The van der Waals surface area contributed by atoms with Gasteiger partial charge in [-0.15, -0.1) is 0 Å². The van der Waals surface area contributed by atoms with E-state index in [1.54, 1.807) is 18.6 Å². The highest BCUT2D eigenvalue weighted by Crippen LogP contribution is 2.26. The van der Waals surface area contributed by atoms with E-state index >= 15 is 0 Å². The average Bonchev–Trinajstić information content (AvgIpc) is 2.72. The topological polar surface area (TPSA) is 40.9 Å². The van der Waals surface area contributed by atoms with Gasteiger partial charge in [0.25, 0.3) is 10.8 Å². The van der Waals surface area contributed by atoms with Crippen molar-refractivity contribution in [1.29, 1.82) is 0 Å². The molecule has 0 aromatic carbocycles. The number of amidine groups is 1. The third-order valence-corrected chi connectivity index (χ3v) is 2.83. The Hall–Kier alpha value is -1.84. The monoisotopic (exact) mass is 273 g/mol. The van der Waals surface area contributed by atoms with E-state index in [1.807, 2.05) is 23.2 Å². The highest BCUT2D eigenvalue weighted by Gasteiger charge is 2.31. The molecule has 0 atom stereocenters. The third kappa shape index (κ3) is 1.46. The molecule has 0 bridgehead atoms. The van der Waals surface area contributed by atoms with E-state index in [9.17, 15) is 0 Å². The number of aromatic nitrogens is 1. The van der Waals surface area contributed by atoms with E-state index in [0.717, 1.165) is 21.7 Å². The first-order valence-electron chi connectivity index (χ1n) is 4.66. The van der Waals surface area contributed by atoms with E-state index in [1.165, 1.54) is 0 Å². The summed E-state index contributed by atoms with van der Waals surface area (Å²) in [6, 6.07) is 3.84. The van der Waals surface area contributed by atoms with Crippen molar-refractivity contribution in [2.75, 3.05) is 0 Å². The van der Waals surface area contributed by atoms with Gasteiger partial charge in [-0.05, 0) is 12.1 Å². The molecule has 0 fully saturated rings. The molecule has 4 nitrogen and oxygen atoms in total. The molecule has 0 saturated carbocycles. The van der Waals surface area contributed by atoms with Crippen molar-refractivity contribution in [2.45, 2.75) is 0 Å². The van der Waals surface area contributed by atoms with Gasteiger partial charge in [-0.3, -0.25) is 4.98 Å². The minimum atomic E-state index is 0.768. The Morgan fingerprint density at radius 2 is 2.06 bits per heavy atom. The van der Waals surface area contributed by atoms with Gasteiger partial charge in [0.1, 0.15) is 0 Å². The second-order valence-corrected chi connectivity index (χ2v) is 4.00. The van der Waals surface area contributed by atoms with Gasteiger partial charge in [0.15, 0.2) is 6.21 Å². The smallest absolute Gasteiger partial charge is 0.265 e. The van der Waals surface area contributed by atoms with Crippen molar-refractivity contribution in [1.82, 2.24) is 9.88 Å². The first-order chi connectivity index (χ1) is 7.84. The number of nitrogens with zero attached hydrogens (tertiary/aromatic N) is 4. The summed E-state index contributed by atoms with van der Waals surface area (Å²) in [5, 5.41) is 0. The second kappa shape index (κ2) is 3.63. The fourth-order valence-corrected chi connectivity index (χ4v) is 1.85. The van der Waals surface area contributed by atoms with Crippen LogP contribution in [0, 0.1) is 6.20 Å². The maximum absolute atomic E-state index is 4.34. The standard InChI is InChI=1S/C11H6BrN4/c12-10-5-15-11-6-14-9(7-16(10)11)8-1-3-13-4-2-8/h1-4,6-7H/q+1. The third-order valence-electron chi connectivity index (χ3n) is 2.27. The van der Waals surface area contributed by atoms with Crippen LogP contribution in [0.2, 0.25) is 0 Å². The van der Waals surface area contributed by atoms with Gasteiger partial charge in [0.05, 0.1) is 11.9 Å². The summed E-state index contributed by atoms with van der Waals surface area (Å²) in [7, 11) is 0. The zero-order chi connectivity index (χ0) is 11.0. The zero-order valence-corrected chi connectivity index (χ0v) is 9.72. The molecule has 0 saturated heterocycles. The van der Waals surface area contributed by atoms with Crippen LogP contribution in [-0.2, 0) is 0 Å². The molecule has 0 N–H and O–H groups in total. The molecule has 2 aliphatic rings. The van der Waals surface area contributed by atoms with Gasteiger partial charge in [0.2, 0.25) is 0 Å². The molecule has 5 heteroatoms. The van der Waals surface area contributed by atoms with E-state index in [2.05, 4.69) is 37.1 Å². The SMILES string of the molecule is BrC1=[C+]N=C2C=NC(c3ccncc3)=CN12. The van der Waals surface area contributed by atoms with E-state index in [0.29, 0.717) is 0 Å². The molecule has 0 unspecified atom stereocenters. The highest BCUT2D eigenvalue weighted by molar-refractivity contribution is 9.11. The number of rotatable bonds is 1. The Morgan fingerprint density at radius 1 is 1.25 bits per heavy atom. The van der Waals surface area contributed by atoms with Crippen molar-refractivity contribution in [3.63, 3.8) is 0 Å². The van der Waals surface area contributed by atoms with Crippen molar-refractivity contribution in [3.8, 4) is 0 Å². The lowest BCUT2D eigenvalue weighted by atomic mass is 10.2. The minimum Gasteiger partial charge on any atom is -0.265 e. The van der Waals surface area contributed by atoms with Gasteiger partial charge in [0, 0.05) is 38.9 Å². The van der Waals surface area contributed by atoms with Crippen molar-refractivity contribution < 1.29 is 0 Å². The Labute approximate surface area is 101 Å². The van der Waals surface area contributed by atoms with E-state index in [4.69, 9.17) is 0 Å². The molecule has 16 heavy (non-hydrogen) atoms. The Balaban J connectivity index is 2.00. The normalized spacial score (nSPS) is 17.3. The number of pyridine rings is 1. The van der Waals surface area contributed by atoms with Gasteiger partial charge in [-0.2, -0.15) is 4.90 Å². The second-order valence-electron chi connectivity index (χ2n) is 3.25. The predicted molar refractivity (Wildman–Crippen MR) is 65.7 cm³/mol. The van der Waals surface area contributed by atoms with Crippen LogP contribution in [0.15, 0.2) is 45.3 Å². The quantitative estimate of drug-likeness (QED) is 0.581. The molecule has 0 radical (unpaired) electrons. The lowest BCUT2D eigenvalue weighted by Gasteiger charge is -2.11. The molecular formula is C11H6BrN4+. The summed E-state index contributed by atoms with van der Waals surface area (Å²) in [5.74, 6) is 0.768. The molecule has 0 amide bonds. The first kappa shape index (κ1) is 9.39. The summed E-state index contributed by atoms with van der Waals surface area (Å²) in [6.07, 6.45) is 9.96. The lowest BCUT2D eigenvalue weighted by Crippen LogP contribution is -2.23. The van der Waals surface area contributed by atoms with Crippen molar-refractivity contribution in [2.24, 2.45) is 9.98 Å². The fourth-order valence-electron chi connectivity index (χ4n) is 1.48. The minimum absolute atomic E-state index is 0.768. The van der Waals surface area contributed by atoms with Gasteiger partial charge in [-0.25, -0.2) is 4.99 Å². The summed E-state index contributed by atoms with van der Waals surface area (Å²) < 4.78 is 0.792. The molecule has 2 aliphatic heterocycles. The molecular weight excluding hydrogens is 268 g/mol. The average molecular weight is 274 g/mol. The summed E-state index contributed by atoms with van der Waals surface area (Å²) >= 11 is 3.38. The summed E-state index contributed by atoms with van der Waals surface area (Å²) in [4.78, 5) is 14.3. The Bertz CT molecular complexity index is 542. The van der Waals surface area contributed by atoms with Crippen LogP contribution >= 0.6 is 15.9 Å². The number of halogens is 1. The van der Waals surface area contributed by atoms with E-state index < -0.39 is 0 Å². The van der Waals surface area contributed by atoms with Gasteiger partial charge < -0.3 is 0 Å². The van der Waals surface area contributed by atoms with Crippen molar-refractivity contribution >= 4 is 33.7 Å².